The summed E-state index contributed by atoms with van der Waals surface area (Å²) in [5.41, 5.74) is 0.547. The van der Waals surface area contributed by atoms with Crippen LogP contribution in [0.25, 0.3) is 0 Å². The van der Waals surface area contributed by atoms with Gasteiger partial charge < -0.3 is 14.9 Å². The van der Waals surface area contributed by atoms with E-state index < -0.39 is 6.29 Å². The average Bonchev–Trinajstić information content (AvgIpc) is 2.27. The van der Waals surface area contributed by atoms with Gasteiger partial charge in [-0.05, 0) is 30.9 Å². The predicted molar refractivity (Wildman–Crippen MR) is 61.2 cm³/mol. The lowest BCUT2D eigenvalue weighted by Gasteiger charge is -2.35. The van der Waals surface area contributed by atoms with Crippen molar-refractivity contribution in [1.29, 1.82) is 0 Å². The van der Waals surface area contributed by atoms with Crippen LogP contribution in [0, 0.1) is 11.8 Å². The molecular weight excluding hydrogens is 220 g/mol. The third-order valence-electron chi connectivity index (χ3n) is 3.15. The number of rotatable bonds is 4. The van der Waals surface area contributed by atoms with Gasteiger partial charge in [-0.3, -0.25) is 0 Å². The van der Waals surface area contributed by atoms with Crippen LogP contribution in [0.4, 0.5) is 0 Å². The van der Waals surface area contributed by atoms with Crippen molar-refractivity contribution < 1.29 is 19.7 Å². The van der Waals surface area contributed by atoms with Gasteiger partial charge in [0.05, 0.1) is 12.2 Å². The number of carbonyl (C=O) groups is 1. The topological polar surface area (TPSA) is 66.8 Å². The first kappa shape index (κ1) is 12.1. The first-order valence-electron chi connectivity index (χ1n) is 5.75. The number of benzene rings is 1. The second kappa shape index (κ2) is 5.29. The second-order valence-corrected chi connectivity index (χ2v) is 4.48. The maximum atomic E-state index is 11.6. The summed E-state index contributed by atoms with van der Waals surface area (Å²) in [4.78, 5) is 11.6. The van der Waals surface area contributed by atoms with Gasteiger partial charge in [0.25, 0.3) is 0 Å². The predicted octanol–water partition coefficient (Wildman–Crippen LogP) is 1.18. The number of carbonyl (C=O) groups excluding carboxylic acids is 1. The van der Waals surface area contributed by atoms with Crippen molar-refractivity contribution in [2.45, 2.75) is 19.1 Å². The summed E-state index contributed by atoms with van der Waals surface area (Å²) in [7, 11) is 0. The summed E-state index contributed by atoms with van der Waals surface area (Å²) < 4.78 is 5.16. The van der Waals surface area contributed by atoms with Crippen LogP contribution in [-0.4, -0.2) is 29.1 Å². The van der Waals surface area contributed by atoms with E-state index in [1.807, 2.05) is 6.07 Å². The Kier molecular flexibility index (Phi) is 3.76. The van der Waals surface area contributed by atoms with E-state index in [0.29, 0.717) is 25.0 Å². The van der Waals surface area contributed by atoms with Crippen LogP contribution in [-0.2, 0) is 4.74 Å². The Hall–Kier alpha value is -1.39. The molecule has 4 heteroatoms. The van der Waals surface area contributed by atoms with E-state index in [4.69, 9.17) is 14.9 Å². The average molecular weight is 236 g/mol. The molecule has 1 aromatic carbocycles. The van der Waals surface area contributed by atoms with Crippen molar-refractivity contribution in [3.63, 3.8) is 0 Å². The van der Waals surface area contributed by atoms with Gasteiger partial charge in [-0.2, -0.15) is 0 Å². The minimum Gasteiger partial charge on any atom is -0.462 e. The molecule has 0 saturated heterocycles. The smallest absolute Gasteiger partial charge is 0.338 e. The molecular formula is C13H16O4. The molecule has 0 amide bonds. The highest BCUT2D eigenvalue weighted by atomic mass is 16.5. The molecule has 1 aromatic rings. The van der Waals surface area contributed by atoms with E-state index in [0.717, 1.165) is 0 Å². The van der Waals surface area contributed by atoms with Gasteiger partial charge in [-0.25, -0.2) is 4.79 Å². The maximum Gasteiger partial charge on any atom is 0.338 e. The third-order valence-corrected chi connectivity index (χ3v) is 3.15. The van der Waals surface area contributed by atoms with Crippen LogP contribution in [0.1, 0.15) is 23.2 Å². The molecule has 1 fully saturated rings. The summed E-state index contributed by atoms with van der Waals surface area (Å²) >= 11 is 0. The van der Waals surface area contributed by atoms with Crippen molar-refractivity contribution in [2.24, 2.45) is 11.8 Å². The molecule has 0 spiro atoms. The minimum absolute atomic E-state index is 0.0598. The standard InChI is InChI=1S/C13H16O4/c14-12(15)11-6-9(7-11)8-17-13(16)10-4-2-1-3-5-10/h1-5,9,11-12,14-15H,6-8H2. The van der Waals surface area contributed by atoms with Crippen molar-refractivity contribution in [3.8, 4) is 0 Å². The highest BCUT2D eigenvalue weighted by Gasteiger charge is 2.34. The zero-order valence-corrected chi connectivity index (χ0v) is 9.45. The minimum atomic E-state index is -1.24. The number of ether oxygens (including phenoxy) is 1. The zero-order chi connectivity index (χ0) is 12.3. The molecule has 1 aliphatic carbocycles. The highest BCUT2D eigenvalue weighted by Crippen LogP contribution is 2.35. The molecule has 17 heavy (non-hydrogen) atoms. The van der Waals surface area contributed by atoms with Gasteiger partial charge in [0.2, 0.25) is 0 Å². The van der Waals surface area contributed by atoms with Crippen LogP contribution >= 0.6 is 0 Å². The number of aliphatic hydroxyl groups excluding tert-OH is 1. The van der Waals surface area contributed by atoms with E-state index >= 15 is 0 Å². The van der Waals surface area contributed by atoms with Crippen molar-refractivity contribution in [1.82, 2.24) is 0 Å². The Morgan fingerprint density at radius 2 is 1.94 bits per heavy atom. The van der Waals surface area contributed by atoms with E-state index in [2.05, 4.69) is 0 Å². The molecule has 0 aliphatic heterocycles. The quantitative estimate of drug-likeness (QED) is 0.608. The summed E-state index contributed by atoms with van der Waals surface area (Å²) in [6, 6.07) is 8.85. The molecule has 0 radical (unpaired) electrons. The van der Waals surface area contributed by atoms with E-state index in [1.54, 1.807) is 24.3 Å². The first-order chi connectivity index (χ1) is 8.16. The normalized spacial score (nSPS) is 23.2. The Morgan fingerprint density at radius 3 is 2.53 bits per heavy atom. The summed E-state index contributed by atoms with van der Waals surface area (Å²) in [6.45, 7) is 0.358. The van der Waals surface area contributed by atoms with Gasteiger partial charge >= 0.3 is 5.97 Å². The number of hydrogen-bond acceptors (Lipinski definition) is 4. The van der Waals surface area contributed by atoms with Crippen LogP contribution in [0.5, 0.6) is 0 Å². The monoisotopic (exact) mass is 236 g/mol. The Morgan fingerprint density at radius 1 is 1.29 bits per heavy atom. The molecule has 1 aliphatic rings. The fourth-order valence-electron chi connectivity index (χ4n) is 2.02. The fraction of sp³-hybridized carbons (Fsp3) is 0.462. The van der Waals surface area contributed by atoms with E-state index in [-0.39, 0.29) is 17.8 Å². The molecule has 0 bridgehead atoms. The van der Waals surface area contributed by atoms with Crippen molar-refractivity contribution in [3.05, 3.63) is 35.9 Å². The lowest BCUT2D eigenvalue weighted by Crippen LogP contribution is -2.36. The molecule has 0 atom stereocenters. The molecule has 92 valence electrons. The van der Waals surface area contributed by atoms with Gasteiger partial charge in [-0.15, -0.1) is 0 Å². The Bertz CT molecular complexity index is 368. The molecule has 4 nitrogen and oxygen atoms in total. The molecule has 0 unspecified atom stereocenters. The largest absolute Gasteiger partial charge is 0.462 e. The Balaban J connectivity index is 1.72. The first-order valence-corrected chi connectivity index (χ1v) is 5.75. The van der Waals surface area contributed by atoms with Gasteiger partial charge in [0.1, 0.15) is 0 Å². The lowest BCUT2D eigenvalue weighted by molar-refractivity contribution is -0.125. The number of aliphatic hydroxyl groups is 2. The molecule has 2 rings (SSSR count). The molecule has 1 saturated carbocycles. The van der Waals surface area contributed by atoms with Gasteiger partial charge in [0.15, 0.2) is 6.29 Å². The van der Waals surface area contributed by atoms with Crippen molar-refractivity contribution >= 4 is 5.97 Å². The number of esters is 1. The SMILES string of the molecule is O=C(OCC1CC(C(O)O)C1)c1ccccc1. The summed E-state index contributed by atoms with van der Waals surface area (Å²) in [5, 5.41) is 17.8. The van der Waals surface area contributed by atoms with Crippen LogP contribution in [0.15, 0.2) is 30.3 Å². The van der Waals surface area contributed by atoms with Crippen LogP contribution in [0.2, 0.25) is 0 Å². The van der Waals surface area contributed by atoms with Crippen LogP contribution < -0.4 is 0 Å². The summed E-state index contributed by atoms with van der Waals surface area (Å²) in [6.07, 6.45) is 0.176. The molecule has 0 aromatic heterocycles. The molecule has 2 N–H and O–H groups in total. The fourth-order valence-corrected chi connectivity index (χ4v) is 2.02. The second-order valence-electron chi connectivity index (χ2n) is 4.48. The van der Waals surface area contributed by atoms with Crippen LogP contribution in [0.3, 0.4) is 0 Å². The summed E-state index contributed by atoms with van der Waals surface area (Å²) in [5.74, 6) is -0.122. The highest BCUT2D eigenvalue weighted by molar-refractivity contribution is 5.89. The third kappa shape index (κ3) is 3.05. The lowest BCUT2D eigenvalue weighted by atomic mass is 9.75. The van der Waals surface area contributed by atoms with E-state index in [1.165, 1.54) is 0 Å². The van der Waals surface area contributed by atoms with Crippen molar-refractivity contribution in [2.75, 3.05) is 6.61 Å². The molecule has 0 heterocycles. The number of hydrogen-bond donors (Lipinski definition) is 2. The van der Waals surface area contributed by atoms with Gasteiger partial charge in [0, 0.05) is 5.92 Å². The maximum absolute atomic E-state index is 11.6. The zero-order valence-electron chi connectivity index (χ0n) is 9.45. The van der Waals surface area contributed by atoms with E-state index in [9.17, 15) is 4.79 Å². The van der Waals surface area contributed by atoms with Gasteiger partial charge in [-0.1, -0.05) is 18.2 Å². The Labute approximate surface area is 99.8 Å².